The predicted molar refractivity (Wildman–Crippen MR) is 54.5 cm³/mol. The Morgan fingerprint density at radius 3 is 2.46 bits per heavy atom. The Bertz CT molecular complexity index is 252. The third-order valence-corrected chi connectivity index (χ3v) is 2.50. The van der Waals surface area contributed by atoms with Crippen LogP contribution in [0.15, 0.2) is 16.5 Å². The van der Waals surface area contributed by atoms with E-state index < -0.39 is 0 Å². The van der Waals surface area contributed by atoms with Crippen LogP contribution in [-0.4, -0.2) is 6.54 Å². The van der Waals surface area contributed by atoms with Crippen LogP contribution in [0, 0.1) is 18.8 Å². The average molecular weight is 181 g/mol. The molecule has 0 fully saturated rings. The number of rotatable bonds is 4. The van der Waals surface area contributed by atoms with Crippen LogP contribution in [0.25, 0.3) is 0 Å². The minimum Gasteiger partial charge on any atom is -0.466 e. The van der Waals surface area contributed by atoms with Gasteiger partial charge in [0.05, 0.1) is 0 Å². The first-order valence-corrected chi connectivity index (χ1v) is 4.89. The summed E-state index contributed by atoms with van der Waals surface area (Å²) < 4.78 is 5.51. The molecule has 1 aromatic rings. The molecule has 13 heavy (non-hydrogen) atoms. The number of hydrogen-bond donors (Lipinski definition) is 1. The second-order valence-corrected chi connectivity index (χ2v) is 3.96. The fraction of sp³-hybridized carbons (Fsp3) is 0.636. The zero-order chi connectivity index (χ0) is 9.84. The highest BCUT2D eigenvalue weighted by Crippen LogP contribution is 2.17. The second-order valence-electron chi connectivity index (χ2n) is 3.96. The van der Waals surface area contributed by atoms with Crippen molar-refractivity contribution in [3.8, 4) is 0 Å². The Morgan fingerprint density at radius 2 is 2.08 bits per heavy atom. The van der Waals surface area contributed by atoms with Gasteiger partial charge in [-0.1, -0.05) is 13.8 Å². The highest BCUT2D eigenvalue weighted by atomic mass is 16.3. The minimum absolute atomic E-state index is 0.533. The maximum atomic E-state index is 5.69. The van der Waals surface area contributed by atoms with E-state index in [0.29, 0.717) is 11.8 Å². The monoisotopic (exact) mass is 181 g/mol. The van der Waals surface area contributed by atoms with E-state index in [4.69, 9.17) is 10.2 Å². The number of hydrogen-bond acceptors (Lipinski definition) is 2. The van der Waals surface area contributed by atoms with E-state index in [1.807, 2.05) is 19.1 Å². The first-order chi connectivity index (χ1) is 6.13. The van der Waals surface area contributed by atoms with Crippen molar-refractivity contribution in [3.63, 3.8) is 0 Å². The summed E-state index contributed by atoms with van der Waals surface area (Å²) in [5.74, 6) is 3.19. The zero-order valence-electron chi connectivity index (χ0n) is 8.71. The Morgan fingerprint density at radius 1 is 1.38 bits per heavy atom. The molecule has 2 heteroatoms. The normalized spacial score (nSPS) is 13.6. The Balaban J connectivity index is 2.56. The zero-order valence-corrected chi connectivity index (χ0v) is 8.71. The van der Waals surface area contributed by atoms with Crippen LogP contribution < -0.4 is 5.73 Å². The van der Waals surface area contributed by atoms with Crippen LogP contribution in [0.5, 0.6) is 0 Å². The van der Waals surface area contributed by atoms with Gasteiger partial charge in [-0.15, -0.1) is 0 Å². The fourth-order valence-corrected chi connectivity index (χ4v) is 1.44. The van der Waals surface area contributed by atoms with Gasteiger partial charge >= 0.3 is 0 Å². The third-order valence-electron chi connectivity index (χ3n) is 2.50. The average Bonchev–Trinajstić information content (AvgIpc) is 2.46. The van der Waals surface area contributed by atoms with Crippen LogP contribution in [0.3, 0.4) is 0 Å². The molecule has 1 aromatic heterocycles. The van der Waals surface area contributed by atoms with Crippen molar-refractivity contribution in [2.75, 3.05) is 6.54 Å². The highest BCUT2D eigenvalue weighted by molar-refractivity contribution is 5.06. The van der Waals surface area contributed by atoms with Crippen molar-refractivity contribution in [2.45, 2.75) is 27.2 Å². The van der Waals surface area contributed by atoms with Crippen LogP contribution in [-0.2, 0) is 6.42 Å². The van der Waals surface area contributed by atoms with E-state index >= 15 is 0 Å². The highest BCUT2D eigenvalue weighted by Gasteiger charge is 2.13. The molecule has 0 bridgehead atoms. The Kier molecular flexibility index (Phi) is 3.55. The molecule has 1 unspecified atom stereocenters. The molecule has 0 amide bonds. The lowest BCUT2D eigenvalue weighted by Gasteiger charge is -2.16. The van der Waals surface area contributed by atoms with Gasteiger partial charge in [-0.25, -0.2) is 0 Å². The molecule has 1 atom stereocenters. The quantitative estimate of drug-likeness (QED) is 0.774. The molecule has 0 aliphatic carbocycles. The van der Waals surface area contributed by atoms with Crippen molar-refractivity contribution >= 4 is 0 Å². The van der Waals surface area contributed by atoms with Gasteiger partial charge < -0.3 is 10.2 Å². The van der Waals surface area contributed by atoms with Crippen molar-refractivity contribution < 1.29 is 4.42 Å². The molecule has 0 saturated carbocycles. The SMILES string of the molecule is Cc1ccc(CC(CN)C(C)C)o1. The molecule has 74 valence electrons. The number of nitrogens with two attached hydrogens (primary N) is 1. The summed E-state index contributed by atoms with van der Waals surface area (Å²) in [6.07, 6.45) is 0.960. The van der Waals surface area contributed by atoms with Gasteiger partial charge in [0.15, 0.2) is 0 Å². The van der Waals surface area contributed by atoms with E-state index in [0.717, 1.165) is 24.5 Å². The van der Waals surface area contributed by atoms with E-state index in [1.54, 1.807) is 0 Å². The molecule has 0 aliphatic heterocycles. The molecule has 1 rings (SSSR count). The topological polar surface area (TPSA) is 39.2 Å². The predicted octanol–water partition coefficient (Wildman–Crippen LogP) is 2.36. The van der Waals surface area contributed by atoms with Gasteiger partial charge in [0.1, 0.15) is 11.5 Å². The van der Waals surface area contributed by atoms with E-state index in [1.165, 1.54) is 0 Å². The Hall–Kier alpha value is -0.760. The summed E-state index contributed by atoms with van der Waals surface area (Å²) in [5, 5.41) is 0. The van der Waals surface area contributed by atoms with Crippen LogP contribution in [0.4, 0.5) is 0 Å². The second kappa shape index (κ2) is 4.47. The fourth-order valence-electron chi connectivity index (χ4n) is 1.44. The molecular formula is C11H19NO. The van der Waals surface area contributed by atoms with E-state index in [9.17, 15) is 0 Å². The molecule has 0 radical (unpaired) electrons. The largest absolute Gasteiger partial charge is 0.466 e. The van der Waals surface area contributed by atoms with Crippen LogP contribution in [0.1, 0.15) is 25.4 Å². The van der Waals surface area contributed by atoms with Crippen molar-refractivity contribution in [1.82, 2.24) is 0 Å². The van der Waals surface area contributed by atoms with Crippen LogP contribution >= 0.6 is 0 Å². The van der Waals surface area contributed by atoms with E-state index in [-0.39, 0.29) is 0 Å². The first-order valence-electron chi connectivity index (χ1n) is 4.89. The number of furan rings is 1. The van der Waals surface area contributed by atoms with E-state index in [2.05, 4.69) is 13.8 Å². The standard InChI is InChI=1S/C11H19NO/c1-8(2)10(7-12)6-11-5-4-9(3)13-11/h4-5,8,10H,6-7,12H2,1-3H3. The molecule has 0 aromatic carbocycles. The third kappa shape index (κ3) is 2.88. The van der Waals surface area contributed by atoms with Crippen molar-refractivity contribution in [2.24, 2.45) is 17.6 Å². The van der Waals surface area contributed by atoms with Gasteiger partial charge in [0, 0.05) is 6.42 Å². The van der Waals surface area contributed by atoms with Gasteiger partial charge in [0.25, 0.3) is 0 Å². The van der Waals surface area contributed by atoms with Crippen LogP contribution in [0.2, 0.25) is 0 Å². The summed E-state index contributed by atoms with van der Waals surface area (Å²) in [6, 6.07) is 4.05. The molecule has 0 aliphatic rings. The Labute approximate surface area is 80.1 Å². The van der Waals surface area contributed by atoms with Crippen molar-refractivity contribution in [1.29, 1.82) is 0 Å². The van der Waals surface area contributed by atoms with Gasteiger partial charge in [-0.05, 0) is 37.4 Å². The smallest absolute Gasteiger partial charge is 0.104 e. The lowest BCUT2D eigenvalue weighted by Crippen LogP contribution is -2.21. The molecule has 2 nitrogen and oxygen atoms in total. The maximum absolute atomic E-state index is 5.69. The molecular weight excluding hydrogens is 162 g/mol. The van der Waals surface area contributed by atoms with Gasteiger partial charge in [0.2, 0.25) is 0 Å². The summed E-state index contributed by atoms with van der Waals surface area (Å²) in [7, 11) is 0. The summed E-state index contributed by atoms with van der Waals surface area (Å²) >= 11 is 0. The summed E-state index contributed by atoms with van der Waals surface area (Å²) in [6.45, 7) is 7.11. The van der Waals surface area contributed by atoms with Crippen molar-refractivity contribution in [3.05, 3.63) is 23.7 Å². The van der Waals surface area contributed by atoms with Gasteiger partial charge in [-0.3, -0.25) is 0 Å². The maximum Gasteiger partial charge on any atom is 0.104 e. The summed E-state index contributed by atoms with van der Waals surface area (Å²) in [5.41, 5.74) is 5.69. The lowest BCUT2D eigenvalue weighted by molar-refractivity contribution is 0.354. The molecule has 0 saturated heterocycles. The summed E-state index contributed by atoms with van der Waals surface area (Å²) in [4.78, 5) is 0. The van der Waals surface area contributed by atoms with Gasteiger partial charge in [-0.2, -0.15) is 0 Å². The lowest BCUT2D eigenvalue weighted by atomic mass is 9.92. The first kappa shape index (κ1) is 10.3. The molecule has 1 heterocycles. The molecule has 0 spiro atoms. The minimum atomic E-state index is 0.533. The number of aryl methyl sites for hydroxylation is 1. The molecule has 2 N–H and O–H groups in total.